The maximum atomic E-state index is 13.1. The van der Waals surface area contributed by atoms with E-state index in [1.165, 1.54) is 6.42 Å². The summed E-state index contributed by atoms with van der Waals surface area (Å²) in [5.74, 6) is -1.56. The lowest BCUT2D eigenvalue weighted by atomic mass is 10.0. The molecule has 3 aliphatic heterocycles. The summed E-state index contributed by atoms with van der Waals surface area (Å²) in [4.78, 5) is 29.7. The minimum atomic E-state index is -1.39. The number of hydrogen-bond donors (Lipinski definition) is 0. The molecule has 3 aliphatic rings. The van der Waals surface area contributed by atoms with E-state index < -0.39 is 5.79 Å². The Morgan fingerprint density at radius 1 is 1.08 bits per heavy atom. The maximum absolute atomic E-state index is 13.1. The molecule has 0 N–H and O–H groups in total. The molecule has 2 amide bonds. The number of rotatable bonds is 2. The van der Waals surface area contributed by atoms with E-state index in [1.807, 2.05) is 30.9 Å². The number of likely N-dealkylation sites (tertiary alicyclic amines) is 1. The largest absolute Gasteiger partial charge is 0.339 e. The van der Waals surface area contributed by atoms with Crippen molar-refractivity contribution in [1.29, 1.82) is 0 Å². The molecule has 0 bridgehead atoms. The molecule has 6 heteroatoms. The first-order valence-electron chi connectivity index (χ1n) is 9.60. The van der Waals surface area contributed by atoms with Crippen LogP contribution in [0.3, 0.4) is 0 Å². The average Bonchev–Trinajstić information content (AvgIpc) is 2.90. The third-order valence-electron chi connectivity index (χ3n) is 5.42. The van der Waals surface area contributed by atoms with Crippen molar-refractivity contribution in [2.75, 3.05) is 31.2 Å². The first-order valence-corrected chi connectivity index (χ1v) is 9.60. The Hall–Kier alpha value is -1.92. The molecule has 140 valence electrons. The molecule has 6 nitrogen and oxygen atoms in total. The van der Waals surface area contributed by atoms with Crippen LogP contribution in [0.4, 0.5) is 5.69 Å². The molecule has 1 aromatic rings. The second-order valence-corrected chi connectivity index (χ2v) is 7.52. The number of hydrogen-bond acceptors (Lipinski definition) is 4. The quantitative estimate of drug-likeness (QED) is 0.816. The number of piperidine rings is 1. The van der Waals surface area contributed by atoms with E-state index in [2.05, 4.69) is 0 Å². The summed E-state index contributed by atoms with van der Waals surface area (Å²) in [5, 5.41) is 0. The summed E-state index contributed by atoms with van der Waals surface area (Å²) in [6.45, 7) is 6.48. The fourth-order valence-electron chi connectivity index (χ4n) is 4.13. The molecule has 0 atom stereocenters. The highest BCUT2D eigenvalue weighted by molar-refractivity contribution is 6.07. The summed E-state index contributed by atoms with van der Waals surface area (Å²) >= 11 is 0. The van der Waals surface area contributed by atoms with Crippen molar-refractivity contribution in [2.24, 2.45) is 0 Å². The number of carbonyl (C=O) groups is 2. The molecule has 3 heterocycles. The Labute approximate surface area is 154 Å². The van der Waals surface area contributed by atoms with Gasteiger partial charge in [0.15, 0.2) is 0 Å². The zero-order valence-electron chi connectivity index (χ0n) is 15.5. The lowest BCUT2D eigenvalue weighted by Gasteiger charge is -2.33. The van der Waals surface area contributed by atoms with Crippen molar-refractivity contribution in [3.63, 3.8) is 0 Å². The van der Waals surface area contributed by atoms with Crippen LogP contribution in [0.2, 0.25) is 0 Å². The van der Waals surface area contributed by atoms with Gasteiger partial charge in [0.1, 0.15) is 0 Å². The number of anilines is 1. The van der Waals surface area contributed by atoms with E-state index in [0.717, 1.165) is 38.0 Å². The summed E-state index contributed by atoms with van der Waals surface area (Å²) in [6.07, 6.45) is 4.04. The number of amides is 2. The third-order valence-corrected chi connectivity index (χ3v) is 5.42. The predicted molar refractivity (Wildman–Crippen MR) is 97.0 cm³/mol. The Kier molecular flexibility index (Phi) is 4.49. The molecule has 0 unspecified atom stereocenters. The third kappa shape index (κ3) is 2.63. The molecular weight excluding hydrogens is 332 g/mol. The first-order chi connectivity index (χ1) is 12.5. The highest BCUT2D eigenvalue weighted by atomic mass is 16.7. The Morgan fingerprint density at radius 3 is 2.42 bits per heavy atom. The van der Waals surface area contributed by atoms with Crippen LogP contribution in [0.1, 0.15) is 55.5 Å². The van der Waals surface area contributed by atoms with Crippen LogP contribution in [0.25, 0.3) is 0 Å². The molecule has 26 heavy (non-hydrogen) atoms. The second-order valence-electron chi connectivity index (χ2n) is 7.52. The van der Waals surface area contributed by atoms with Crippen molar-refractivity contribution in [1.82, 2.24) is 4.90 Å². The van der Waals surface area contributed by atoms with Crippen molar-refractivity contribution < 1.29 is 19.1 Å². The zero-order valence-corrected chi connectivity index (χ0v) is 15.5. The van der Waals surface area contributed by atoms with Gasteiger partial charge in [-0.3, -0.25) is 9.59 Å². The van der Waals surface area contributed by atoms with Gasteiger partial charge >= 0.3 is 0 Å². The molecule has 0 aliphatic carbocycles. The number of carbonyl (C=O) groups excluding carboxylic acids is 2. The fourth-order valence-corrected chi connectivity index (χ4v) is 4.13. The van der Waals surface area contributed by atoms with Gasteiger partial charge in [-0.2, -0.15) is 0 Å². The lowest BCUT2D eigenvalue weighted by Crippen LogP contribution is -2.49. The van der Waals surface area contributed by atoms with E-state index in [0.29, 0.717) is 24.3 Å². The van der Waals surface area contributed by atoms with Crippen LogP contribution >= 0.6 is 0 Å². The van der Waals surface area contributed by atoms with Crippen LogP contribution < -0.4 is 4.90 Å². The highest BCUT2D eigenvalue weighted by Gasteiger charge is 2.55. The van der Waals surface area contributed by atoms with Crippen molar-refractivity contribution in [3.8, 4) is 0 Å². The van der Waals surface area contributed by atoms with E-state index >= 15 is 0 Å². The van der Waals surface area contributed by atoms with E-state index in [9.17, 15) is 9.59 Å². The van der Waals surface area contributed by atoms with Gasteiger partial charge < -0.3 is 19.3 Å². The van der Waals surface area contributed by atoms with Crippen LogP contribution in [0.15, 0.2) is 18.2 Å². The molecule has 1 spiro atoms. The van der Waals surface area contributed by atoms with E-state index in [-0.39, 0.29) is 17.9 Å². The van der Waals surface area contributed by atoms with Crippen LogP contribution in [-0.2, 0) is 20.1 Å². The first kappa shape index (κ1) is 17.5. The minimum absolute atomic E-state index is 0.0154. The van der Waals surface area contributed by atoms with Crippen LogP contribution in [0.5, 0.6) is 0 Å². The predicted octanol–water partition coefficient (Wildman–Crippen LogP) is 2.66. The molecular formula is C20H26N2O4. The molecule has 0 aromatic heterocycles. The van der Waals surface area contributed by atoms with Gasteiger partial charge in [0.2, 0.25) is 0 Å². The topological polar surface area (TPSA) is 59.1 Å². The van der Waals surface area contributed by atoms with Crippen LogP contribution in [0, 0.1) is 0 Å². The van der Waals surface area contributed by atoms with Gasteiger partial charge in [-0.25, -0.2) is 0 Å². The molecule has 0 radical (unpaired) electrons. The monoisotopic (exact) mass is 358 g/mol. The van der Waals surface area contributed by atoms with Crippen LogP contribution in [-0.4, -0.2) is 49.1 Å². The Balaban J connectivity index is 1.75. The van der Waals surface area contributed by atoms with Gasteiger partial charge in [0, 0.05) is 30.3 Å². The van der Waals surface area contributed by atoms with E-state index in [4.69, 9.17) is 9.47 Å². The molecule has 4 rings (SSSR count). The summed E-state index contributed by atoms with van der Waals surface area (Å²) in [7, 11) is 0. The summed E-state index contributed by atoms with van der Waals surface area (Å²) in [5.41, 5.74) is 2.04. The normalized spacial score (nSPS) is 22.2. The average molecular weight is 358 g/mol. The van der Waals surface area contributed by atoms with Crippen molar-refractivity contribution in [3.05, 3.63) is 29.3 Å². The standard InChI is InChI=1S/C20H26N2O4/c1-14(2)22-17-8-7-15(18(23)21-9-4-3-5-10-21)13-16(17)20(19(22)24)25-11-6-12-26-20/h7-8,13-14H,3-6,9-12H2,1-2H3. The van der Waals surface area contributed by atoms with Gasteiger partial charge in [-0.05, 0) is 57.7 Å². The Bertz CT molecular complexity index is 719. The van der Waals surface area contributed by atoms with E-state index in [1.54, 1.807) is 11.0 Å². The van der Waals surface area contributed by atoms with Gasteiger partial charge in [0.25, 0.3) is 17.6 Å². The lowest BCUT2D eigenvalue weighted by molar-refractivity contribution is -0.256. The Morgan fingerprint density at radius 2 is 1.77 bits per heavy atom. The molecule has 1 aromatic carbocycles. The highest BCUT2D eigenvalue weighted by Crippen LogP contribution is 2.46. The van der Waals surface area contributed by atoms with Crippen molar-refractivity contribution >= 4 is 17.5 Å². The SMILES string of the molecule is CC(C)N1C(=O)C2(OCCCO2)c2cc(C(=O)N3CCCCC3)ccc21. The number of benzene rings is 1. The summed E-state index contributed by atoms with van der Waals surface area (Å²) in [6, 6.07) is 5.47. The zero-order chi connectivity index (χ0) is 18.3. The van der Waals surface area contributed by atoms with Crippen molar-refractivity contribution in [2.45, 2.75) is 51.4 Å². The second kappa shape index (κ2) is 6.67. The van der Waals surface area contributed by atoms with Gasteiger partial charge in [-0.15, -0.1) is 0 Å². The molecule has 2 saturated heterocycles. The number of nitrogens with zero attached hydrogens (tertiary/aromatic N) is 2. The number of ether oxygens (including phenoxy) is 2. The summed E-state index contributed by atoms with van der Waals surface area (Å²) < 4.78 is 11.8. The molecule has 0 saturated carbocycles. The maximum Gasteiger partial charge on any atom is 0.292 e. The smallest absolute Gasteiger partial charge is 0.292 e. The number of fused-ring (bicyclic) bond motifs is 2. The van der Waals surface area contributed by atoms with Gasteiger partial charge in [0.05, 0.1) is 18.9 Å². The minimum Gasteiger partial charge on any atom is -0.339 e. The fraction of sp³-hybridized carbons (Fsp3) is 0.600. The molecule has 2 fully saturated rings. The van der Waals surface area contributed by atoms with Gasteiger partial charge in [-0.1, -0.05) is 0 Å².